The Morgan fingerprint density at radius 1 is 1.18 bits per heavy atom. The van der Waals surface area contributed by atoms with Crippen LogP contribution in [-0.2, 0) is 16.0 Å². The Morgan fingerprint density at radius 2 is 1.86 bits per heavy atom. The Morgan fingerprint density at radius 3 is 2.50 bits per heavy atom. The first kappa shape index (κ1) is 16.5. The fourth-order valence-corrected chi connectivity index (χ4v) is 2.39. The van der Waals surface area contributed by atoms with Gasteiger partial charge in [0.1, 0.15) is 17.3 Å². The molecule has 0 saturated carbocycles. The summed E-state index contributed by atoms with van der Waals surface area (Å²) in [7, 11) is 1.38. The van der Waals surface area contributed by atoms with E-state index in [9.17, 15) is 9.18 Å². The van der Waals surface area contributed by atoms with Gasteiger partial charge < -0.3 is 9.47 Å². The fraction of sp³-hybridized carbons (Fsp3) is 0.235. The molecule has 0 unspecified atom stereocenters. The lowest BCUT2D eigenvalue weighted by atomic mass is 10.0. The standard InChI is InChI=1S/C17H16BrFO3/c1-11-9-13(5-3-12(11)4-8-17(20)21-2)22-14-6-7-16(19)15(18)10-14/h3,5-7,9-10H,4,8H2,1-2H3. The van der Waals surface area contributed by atoms with Crippen molar-refractivity contribution >= 4 is 21.9 Å². The molecular weight excluding hydrogens is 351 g/mol. The van der Waals surface area contributed by atoms with Crippen LogP contribution in [0, 0.1) is 12.7 Å². The van der Waals surface area contributed by atoms with Gasteiger partial charge in [-0.15, -0.1) is 0 Å². The molecule has 22 heavy (non-hydrogen) atoms. The van der Waals surface area contributed by atoms with Crippen molar-refractivity contribution in [3.8, 4) is 11.5 Å². The van der Waals surface area contributed by atoms with Crippen molar-refractivity contribution < 1.29 is 18.7 Å². The van der Waals surface area contributed by atoms with Crippen molar-refractivity contribution in [1.29, 1.82) is 0 Å². The first-order chi connectivity index (χ1) is 10.5. The number of benzene rings is 2. The van der Waals surface area contributed by atoms with Crippen molar-refractivity contribution in [3.05, 3.63) is 57.8 Å². The minimum Gasteiger partial charge on any atom is -0.469 e. The minimum atomic E-state index is -0.332. The maximum Gasteiger partial charge on any atom is 0.305 e. The smallest absolute Gasteiger partial charge is 0.305 e. The van der Waals surface area contributed by atoms with E-state index in [1.165, 1.54) is 13.2 Å². The van der Waals surface area contributed by atoms with Gasteiger partial charge in [-0.1, -0.05) is 6.07 Å². The van der Waals surface area contributed by atoms with Crippen LogP contribution in [0.5, 0.6) is 11.5 Å². The quantitative estimate of drug-likeness (QED) is 0.713. The average Bonchev–Trinajstić information content (AvgIpc) is 2.50. The summed E-state index contributed by atoms with van der Waals surface area (Å²) in [6.07, 6.45) is 0.976. The van der Waals surface area contributed by atoms with Gasteiger partial charge >= 0.3 is 5.97 Å². The predicted octanol–water partition coefficient (Wildman–Crippen LogP) is 4.79. The van der Waals surface area contributed by atoms with Gasteiger partial charge in [-0.3, -0.25) is 4.79 Å². The van der Waals surface area contributed by atoms with E-state index in [0.29, 0.717) is 28.8 Å². The zero-order valence-corrected chi connectivity index (χ0v) is 13.9. The van der Waals surface area contributed by atoms with Crippen molar-refractivity contribution in [2.75, 3.05) is 7.11 Å². The van der Waals surface area contributed by atoms with E-state index in [4.69, 9.17) is 4.74 Å². The highest BCUT2D eigenvalue weighted by molar-refractivity contribution is 9.10. The van der Waals surface area contributed by atoms with Crippen molar-refractivity contribution in [1.82, 2.24) is 0 Å². The van der Waals surface area contributed by atoms with E-state index < -0.39 is 0 Å². The van der Waals surface area contributed by atoms with Gasteiger partial charge in [-0.2, -0.15) is 0 Å². The van der Waals surface area contributed by atoms with Gasteiger partial charge in [0.05, 0.1) is 11.6 Å². The maximum atomic E-state index is 13.2. The molecular formula is C17H16BrFO3. The molecule has 0 aliphatic carbocycles. The number of carbonyl (C=O) groups excluding carboxylic acids is 1. The fourth-order valence-electron chi connectivity index (χ4n) is 2.03. The van der Waals surface area contributed by atoms with Crippen LogP contribution in [0.3, 0.4) is 0 Å². The second-order valence-corrected chi connectivity index (χ2v) is 5.70. The second-order valence-electron chi connectivity index (χ2n) is 4.84. The molecule has 0 atom stereocenters. The summed E-state index contributed by atoms with van der Waals surface area (Å²) < 4.78 is 23.9. The van der Waals surface area contributed by atoms with Crippen LogP contribution in [0.4, 0.5) is 4.39 Å². The first-order valence-corrected chi connectivity index (χ1v) is 7.58. The number of ether oxygens (including phenoxy) is 2. The molecule has 2 aromatic rings. The third kappa shape index (κ3) is 4.31. The molecule has 0 N–H and O–H groups in total. The normalized spacial score (nSPS) is 10.4. The largest absolute Gasteiger partial charge is 0.469 e. The van der Waals surface area contributed by atoms with E-state index in [1.54, 1.807) is 12.1 Å². The topological polar surface area (TPSA) is 35.5 Å². The molecule has 5 heteroatoms. The molecule has 0 heterocycles. The third-order valence-electron chi connectivity index (χ3n) is 3.27. The van der Waals surface area contributed by atoms with Gasteiger partial charge in [0, 0.05) is 6.42 Å². The van der Waals surface area contributed by atoms with Crippen LogP contribution in [0.25, 0.3) is 0 Å². The highest BCUT2D eigenvalue weighted by Crippen LogP contribution is 2.27. The van der Waals surface area contributed by atoms with Gasteiger partial charge in [0.25, 0.3) is 0 Å². The molecule has 0 aromatic heterocycles. The first-order valence-electron chi connectivity index (χ1n) is 6.79. The zero-order chi connectivity index (χ0) is 16.1. The number of halogens is 2. The monoisotopic (exact) mass is 366 g/mol. The number of esters is 1. The molecule has 2 rings (SSSR count). The van der Waals surface area contributed by atoms with Gasteiger partial charge in [-0.05, 0) is 70.7 Å². The van der Waals surface area contributed by atoms with Gasteiger partial charge in [-0.25, -0.2) is 4.39 Å². The van der Waals surface area contributed by atoms with Crippen molar-refractivity contribution in [3.63, 3.8) is 0 Å². The molecule has 0 fully saturated rings. The van der Waals surface area contributed by atoms with E-state index in [1.807, 2.05) is 25.1 Å². The molecule has 0 aliphatic heterocycles. The number of hydrogen-bond donors (Lipinski definition) is 0. The Kier molecular flexibility index (Phi) is 5.55. The summed E-state index contributed by atoms with van der Waals surface area (Å²) in [5, 5.41) is 0. The summed E-state index contributed by atoms with van der Waals surface area (Å²) in [6.45, 7) is 1.96. The van der Waals surface area contributed by atoms with Crippen LogP contribution in [-0.4, -0.2) is 13.1 Å². The summed E-state index contributed by atoms with van der Waals surface area (Å²) in [6, 6.07) is 10.1. The Balaban J connectivity index is 2.08. The van der Waals surface area contributed by atoms with Crippen LogP contribution in [0.15, 0.2) is 40.9 Å². The Bertz CT molecular complexity index is 686. The molecule has 0 amide bonds. The minimum absolute atomic E-state index is 0.226. The molecule has 2 aromatic carbocycles. The van der Waals surface area contributed by atoms with Crippen LogP contribution < -0.4 is 4.74 Å². The lowest BCUT2D eigenvalue weighted by Crippen LogP contribution is -2.02. The molecule has 0 bridgehead atoms. The van der Waals surface area contributed by atoms with E-state index in [-0.39, 0.29) is 11.8 Å². The van der Waals surface area contributed by atoms with Gasteiger partial charge in [0.2, 0.25) is 0 Å². The Labute approximate surface area is 137 Å². The highest BCUT2D eigenvalue weighted by Gasteiger charge is 2.07. The van der Waals surface area contributed by atoms with Crippen LogP contribution in [0.2, 0.25) is 0 Å². The second kappa shape index (κ2) is 7.40. The predicted molar refractivity (Wildman–Crippen MR) is 85.7 cm³/mol. The van der Waals surface area contributed by atoms with Crippen molar-refractivity contribution in [2.45, 2.75) is 19.8 Å². The van der Waals surface area contributed by atoms with Crippen molar-refractivity contribution in [2.24, 2.45) is 0 Å². The molecule has 0 saturated heterocycles. The Hall–Kier alpha value is -1.88. The SMILES string of the molecule is COC(=O)CCc1ccc(Oc2ccc(F)c(Br)c2)cc1C. The van der Waals surface area contributed by atoms with Gasteiger partial charge in [0.15, 0.2) is 0 Å². The number of rotatable bonds is 5. The van der Waals surface area contributed by atoms with Crippen LogP contribution in [0.1, 0.15) is 17.5 Å². The summed E-state index contributed by atoms with van der Waals surface area (Å²) in [5.41, 5.74) is 2.10. The summed E-state index contributed by atoms with van der Waals surface area (Å²) in [4.78, 5) is 11.2. The van der Waals surface area contributed by atoms with E-state index in [2.05, 4.69) is 20.7 Å². The van der Waals surface area contributed by atoms with Crippen LogP contribution >= 0.6 is 15.9 Å². The number of aryl methyl sites for hydroxylation is 2. The zero-order valence-electron chi connectivity index (χ0n) is 12.4. The number of hydrogen-bond acceptors (Lipinski definition) is 3. The molecule has 116 valence electrons. The lowest BCUT2D eigenvalue weighted by Gasteiger charge is -2.10. The van der Waals surface area contributed by atoms with E-state index in [0.717, 1.165) is 11.1 Å². The number of carbonyl (C=O) groups is 1. The lowest BCUT2D eigenvalue weighted by molar-refractivity contribution is -0.140. The summed E-state index contributed by atoms with van der Waals surface area (Å²) in [5.74, 6) is 0.658. The molecule has 0 aliphatic rings. The van der Waals surface area contributed by atoms with E-state index >= 15 is 0 Å². The maximum absolute atomic E-state index is 13.2. The summed E-state index contributed by atoms with van der Waals surface area (Å²) >= 11 is 3.13. The average molecular weight is 367 g/mol. The molecule has 0 radical (unpaired) electrons. The number of methoxy groups -OCH3 is 1. The molecule has 0 spiro atoms. The third-order valence-corrected chi connectivity index (χ3v) is 3.87. The molecule has 3 nitrogen and oxygen atoms in total. The highest BCUT2D eigenvalue weighted by atomic mass is 79.9.